The molecule has 7 heteroatoms. The molecule has 0 aromatic carbocycles. The third kappa shape index (κ3) is 4.80. The fourth-order valence-corrected chi connectivity index (χ4v) is 2.44. The Morgan fingerprint density at radius 2 is 2.20 bits per heavy atom. The lowest BCUT2D eigenvalue weighted by Gasteiger charge is -2.24. The van der Waals surface area contributed by atoms with Gasteiger partial charge in [-0.05, 0) is 0 Å². The number of carbonyl (C=O) groups excluding carboxylic acids is 1. The Morgan fingerprint density at radius 1 is 1.50 bits per heavy atom. The molecule has 6 nitrogen and oxygen atoms in total. The number of thiazole rings is 1. The predicted molar refractivity (Wildman–Crippen MR) is 83.2 cm³/mol. The molecule has 0 saturated carbocycles. The fourth-order valence-electron chi connectivity index (χ4n) is 1.75. The summed E-state index contributed by atoms with van der Waals surface area (Å²) in [6, 6.07) is 0. The van der Waals surface area contributed by atoms with Gasteiger partial charge in [-0.15, -0.1) is 11.3 Å². The maximum Gasteiger partial charge on any atom is 0.241 e. The van der Waals surface area contributed by atoms with E-state index in [0.717, 1.165) is 11.6 Å². The van der Waals surface area contributed by atoms with E-state index in [0.29, 0.717) is 11.9 Å². The van der Waals surface area contributed by atoms with Crippen molar-refractivity contribution in [1.29, 1.82) is 0 Å². The SMILES string of the molecule is CN=C(NCC(=O)N(C)C)N(C)CC(C)c1nccs1. The van der Waals surface area contributed by atoms with Gasteiger partial charge in [-0.3, -0.25) is 9.79 Å². The maximum absolute atomic E-state index is 11.6. The number of nitrogens with zero attached hydrogens (tertiary/aromatic N) is 4. The van der Waals surface area contributed by atoms with Gasteiger partial charge in [0.05, 0.1) is 11.6 Å². The lowest BCUT2D eigenvalue weighted by atomic mass is 10.2. The highest BCUT2D eigenvalue weighted by Gasteiger charge is 2.14. The van der Waals surface area contributed by atoms with Crippen LogP contribution in [0.1, 0.15) is 17.8 Å². The van der Waals surface area contributed by atoms with Gasteiger partial charge >= 0.3 is 0 Å². The average molecular weight is 297 g/mol. The molecule has 0 aliphatic carbocycles. The van der Waals surface area contributed by atoms with E-state index in [2.05, 4.69) is 22.2 Å². The van der Waals surface area contributed by atoms with Crippen LogP contribution in [0.4, 0.5) is 0 Å². The van der Waals surface area contributed by atoms with Crippen LogP contribution in [0, 0.1) is 0 Å². The van der Waals surface area contributed by atoms with Crippen LogP contribution in [0.2, 0.25) is 0 Å². The zero-order valence-electron chi connectivity index (χ0n) is 12.8. The summed E-state index contributed by atoms with van der Waals surface area (Å²) in [7, 11) is 7.15. The number of likely N-dealkylation sites (N-methyl/N-ethyl adjacent to an activating group) is 2. The van der Waals surface area contributed by atoms with E-state index in [1.807, 2.05) is 23.5 Å². The molecule has 0 fully saturated rings. The zero-order valence-corrected chi connectivity index (χ0v) is 13.6. The first-order valence-electron chi connectivity index (χ1n) is 6.47. The number of nitrogens with one attached hydrogen (secondary N) is 1. The zero-order chi connectivity index (χ0) is 15.1. The quantitative estimate of drug-likeness (QED) is 0.646. The summed E-state index contributed by atoms with van der Waals surface area (Å²) in [5, 5.41) is 6.16. The molecule has 0 bridgehead atoms. The number of rotatable bonds is 5. The minimum Gasteiger partial charge on any atom is -0.347 e. The number of hydrogen-bond acceptors (Lipinski definition) is 4. The van der Waals surface area contributed by atoms with Crippen molar-refractivity contribution in [3.63, 3.8) is 0 Å². The summed E-state index contributed by atoms with van der Waals surface area (Å²) < 4.78 is 0. The largest absolute Gasteiger partial charge is 0.347 e. The first kappa shape index (κ1) is 16.4. The Balaban J connectivity index is 2.51. The molecule has 0 aliphatic rings. The molecule has 1 aromatic heterocycles. The van der Waals surface area contributed by atoms with Crippen molar-refractivity contribution in [2.45, 2.75) is 12.8 Å². The maximum atomic E-state index is 11.6. The Hall–Kier alpha value is -1.63. The van der Waals surface area contributed by atoms with E-state index >= 15 is 0 Å². The fraction of sp³-hybridized carbons (Fsp3) is 0.615. The summed E-state index contributed by atoms with van der Waals surface area (Å²) in [4.78, 5) is 23.7. The number of amides is 1. The Morgan fingerprint density at radius 3 is 2.70 bits per heavy atom. The molecule has 112 valence electrons. The molecular weight excluding hydrogens is 274 g/mol. The molecule has 1 aromatic rings. The second-order valence-corrected chi connectivity index (χ2v) is 5.77. The van der Waals surface area contributed by atoms with Crippen LogP contribution < -0.4 is 5.32 Å². The summed E-state index contributed by atoms with van der Waals surface area (Å²) in [6.07, 6.45) is 1.82. The molecule has 1 unspecified atom stereocenters. The Kier molecular flexibility index (Phi) is 6.44. The lowest BCUT2D eigenvalue weighted by molar-refractivity contribution is -0.127. The molecule has 0 radical (unpaired) electrons. The second-order valence-electron chi connectivity index (χ2n) is 4.84. The van der Waals surface area contributed by atoms with E-state index in [4.69, 9.17) is 0 Å². The molecular formula is C13H23N5OS. The molecule has 1 rings (SSSR count). The van der Waals surface area contributed by atoms with Gasteiger partial charge in [-0.1, -0.05) is 6.92 Å². The van der Waals surface area contributed by atoms with Crippen LogP contribution in [-0.4, -0.2) is 67.9 Å². The second kappa shape index (κ2) is 7.84. The number of hydrogen-bond donors (Lipinski definition) is 1. The molecule has 20 heavy (non-hydrogen) atoms. The summed E-state index contributed by atoms with van der Waals surface area (Å²) >= 11 is 1.66. The van der Waals surface area contributed by atoms with E-state index < -0.39 is 0 Å². The molecule has 0 spiro atoms. The monoisotopic (exact) mass is 297 g/mol. The van der Waals surface area contributed by atoms with Gasteiger partial charge < -0.3 is 15.1 Å². The van der Waals surface area contributed by atoms with Gasteiger partial charge in [-0.25, -0.2) is 4.98 Å². The molecule has 0 saturated heterocycles. The van der Waals surface area contributed by atoms with Crippen molar-refractivity contribution in [1.82, 2.24) is 20.1 Å². The predicted octanol–water partition coefficient (Wildman–Crippen LogP) is 0.842. The Bertz CT molecular complexity index is 444. The number of aromatic nitrogens is 1. The van der Waals surface area contributed by atoms with E-state index in [-0.39, 0.29) is 12.5 Å². The highest BCUT2D eigenvalue weighted by Crippen LogP contribution is 2.18. The minimum atomic E-state index is 0.0209. The molecule has 1 heterocycles. The van der Waals surface area contributed by atoms with Crippen molar-refractivity contribution in [2.24, 2.45) is 4.99 Å². The van der Waals surface area contributed by atoms with Crippen LogP contribution in [0.25, 0.3) is 0 Å². The first-order valence-corrected chi connectivity index (χ1v) is 7.35. The van der Waals surface area contributed by atoms with Gasteiger partial charge in [0.15, 0.2) is 5.96 Å². The van der Waals surface area contributed by atoms with Crippen LogP contribution in [0.5, 0.6) is 0 Å². The summed E-state index contributed by atoms with van der Waals surface area (Å²) in [5.74, 6) is 1.05. The van der Waals surface area contributed by atoms with Crippen molar-refractivity contribution in [3.05, 3.63) is 16.6 Å². The van der Waals surface area contributed by atoms with Crippen molar-refractivity contribution >= 4 is 23.2 Å². The molecule has 1 atom stereocenters. The number of carbonyl (C=O) groups is 1. The van der Waals surface area contributed by atoms with Gasteiger partial charge in [0.1, 0.15) is 0 Å². The topological polar surface area (TPSA) is 60.8 Å². The van der Waals surface area contributed by atoms with Gasteiger partial charge in [-0.2, -0.15) is 0 Å². The van der Waals surface area contributed by atoms with Crippen LogP contribution in [0.15, 0.2) is 16.6 Å². The normalized spacial score (nSPS) is 12.9. The highest BCUT2D eigenvalue weighted by atomic mass is 32.1. The van der Waals surface area contributed by atoms with Gasteiger partial charge in [0.2, 0.25) is 5.91 Å². The van der Waals surface area contributed by atoms with Crippen LogP contribution in [-0.2, 0) is 4.79 Å². The van der Waals surface area contributed by atoms with Crippen LogP contribution >= 0.6 is 11.3 Å². The van der Waals surface area contributed by atoms with Crippen molar-refractivity contribution in [2.75, 3.05) is 41.3 Å². The summed E-state index contributed by atoms with van der Waals surface area (Å²) in [6.45, 7) is 3.17. The molecule has 1 amide bonds. The Labute approximate surface area is 124 Å². The van der Waals surface area contributed by atoms with E-state index in [1.54, 1.807) is 37.4 Å². The van der Waals surface area contributed by atoms with Gasteiger partial charge in [0, 0.05) is 52.2 Å². The highest BCUT2D eigenvalue weighted by molar-refractivity contribution is 7.09. The standard InChI is InChI=1S/C13H23N5OS/c1-10(12-15-6-7-20-12)9-18(5)13(14-2)16-8-11(19)17(3)4/h6-7,10H,8-9H2,1-5H3,(H,14,16). The smallest absolute Gasteiger partial charge is 0.241 e. The van der Waals surface area contributed by atoms with E-state index in [9.17, 15) is 4.79 Å². The van der Waals surface area contributed by atoms with Crippen molar-refractivity contribution in [3.8, 4) is 0 Å². The number of guanidine groups is 1. The lowest BCUT2D eigenvalue weighted by Crippen LogP contribution is -2.44. The molecule has 0 aliphatic heterocycles. The average Bonchev–Trinajstić information content (AvgIpc) is 2.92. The third-order valence-corrected chi connectivity index (χ3v) is 3.90. The minimum absolute atomic E-state index is 0.0209. The summed E-state index contributed by atoms with van der Waals surface area (Å²) in [5.41, 5.74) is 0. The van der Waals surface area contributed by atoms with Crippen LogP contribution in [0.3, 0.4) is 0 Å². The third-order valence-electron chi connectivity index (χ3n) is 2.89. The first-order chi connectivity index (χ1) is 9.45. The number of aliphatic imine (C=N–C) groups is 1. The van der Waals surface area contributed by atoms with E-state index in [1.165, 1.54) is 0 Å². The van der Waals surface area contributed by atoms with Crippen molar-refractivity contribution < 1.29 is 4.79 Å². The van der Waals surface area contributed by atoms with Gasteiger partial charge in [0.25, 0.3) is 0 Å². The molecule has 1 N–H and O–H groups in total.